The first-order valence-corrected chi connectivity index (χ1v) is 6.24. The lowest BCUT2D eigenvalue weighted by atomic mass is 10.1. The molecule has 0 saturated heterocycles. The molecule has 6 nitrogen and oxygen atoms in total. The molecule has 3 rings (SSSR count). The highest BCUT2D eigenvalue weighted by Gasteiger charge is 2.38. The molecule has 6 heteroatoms. The first-order valence-electron chi connectivity index (χ1n) is 6.24. The number of rotatable bonds is 2. The fraction of sp³-hybridized carbons (Fsp3) is 0.0667. The van der Waals surface area contributed by atoms with Crippen LogP contribution in [-0.2, 0) is 0 Å². The van der Waals surface area contributed by atoms with Gasteiger partial charge in [-0.25, -0.2) is 4.90 Å². The third kappa shape index (κ3) is 1.88. The van der Waals surface area contributed by atoms with Crippen LogP contribution >= 0.6 is 0 Å². The van der Waals surface area contributed by atoms with Gasteiger partial charge in [0.25, 0.3) is 11.8 Å². The Balaban J connectivity index is 2.16. The molecule has 2 amide bonds. The van der Waals surface area contributed by atoms with Crippen LogP contribution in [0.2, 0.25) is 0 Å². The highest BCUT2D eigenvalue weighted by molar-refractivity contribution is 6.35. The van der Waals surface area contributed by atoms with Crippen molar-refractivity contribution in [2.75, 3.05) is 23.5 Å². The molecular formula is C15H13N3O3. The van der Waals surface area contributed by atoms with E-state index in [1.54, 1.807) is 24.3 Å². The number of hydrogen-bond donors (Lipinski definition) is 2. The van der Waals surface area contributed by atoms with E-state index >= 15 is 0 Å². The van der Waals surface area contributed by atoms with Crippen LogP contribution in [0.3, 0.4) is 0 Å². The molecule has 0 atom stereocenters. The van der Waals surface area contributed by atoms with Crippen molar-refractivity contribution in [2.24, 2.45) is 0 Å². The highest BCUT2D eigenvalue weighted by Crippen LogP contribution is 2.36. The summed E-state index contributed by atoms with van der Waals surface area (Å²) in [5, 5.41) is 0. The SMILES string of the molecule is COc1ccc(N)cc1N1C(=O)c2ccc(N)cc2C1=O. The number of imide groups is 1. The van der Waals surface area contributed by atoms with Crippen molar-refractivity contribution in [3.63, 3.8) is 0 Å². The number of carbonyl (C=O) groups is 2. The molecule has 0 unspecified atom stereocenters. The molecule has 4 N–H and O–H groups in total. The Bertz CT molecular complexity index is 771. The fourth-order valence-corrected chi connectivity index (χ4v) is 2.36. The molecule has 0 spiro atoms. The number of hydrogen-bond acceptors (Lipinski definition) is 5. The summed E-state index contributed by atoms with van der Waals surface area (Å²) in [6.07, 6.45) is 0. The third-order valence-corrected chi connectivity index (χ3v) is 3.35. The van der Waals surface area contributed by atoms with Gasteiger partial charge in [0.2, 0.25) is 0 Å². The van der Waals surface area contributed by atoms with Gasteiger partial charge in [-0.3, -0.25) is 9.59 Å². The molecule has 0 bridgehead atoms. The topological polar surface area (TPSA) is 98.7 Å². The minimum absolute atomic E-state index is 0.282. The molecule has 0 radical (unpaired) electrons. The number of amides is 2. The monoisotopic (exact) mass is 283 g/mol. The summed E-state index contributed by atoms with van der Waals surface area (Å²) in [6, 6.07) is 9.41. The van der Waals surface area contributed by atoms with E-state index < -0.39 is 11.8 Å². The number of nitrogens with zero attached hydrogens (tertiary/aromatic N) is 1. The van der Waals surface area contributed by atoms with E-state index in [2.05, 4.69) is 0 Å². The van der Waals surface area contributed by atoms with Gasteiger partial charge in [-0.2, -0.15) is 0 Å². The molecule has 0 fully saturated rings. The summed E-state index contributed by atoms with van der Waals surface area (Å²) in [5.74, 6) is -0.461. The molecule has 0 aromatic heterocycles. The molecule has 2 aromatic carbocycles. The number of nitrogen functional groups attached to an aromatic ring is 2. The van der Waals surface area contributed by atoms with E-state index in [1.165, 1.54) is 19.2 Å². The van der Waals surface area contributed by atoms with Gasteiger partial charge >= 0.3 is 0 Å². The Hall–Kier alpha value is -3.02. The van der Waals surface area contributed by atoms with E-state index in [1.807, 2.05) is 0 Å². The summed E-state index contributed by atoms with van der Waals surface area (Å²) in [4.78, 5) is 26.0. The number of benzene rings is 2. The number of nitrogens with two attached hydrogens (primary N) is 2. The second-order valence-corrected chi connectivity index (χ2v) is 4.68. The lowest BCUT2D eigenvalue weighted by Gasteiger charge is -2.17. The smallest absolute Gasteiger partial charge is 0.266 e. The average Bonchev–Trinajstić information content (AvgIpc) is 2.70. The van der Waals surface area contributed by atoms with Crippen LogP contribution in [0.15, 0.2) is 36.4 Å². The first kappa shape index (κ1) is 13.0. The zero-order valence-electron chi connectivity index (χ0n) is 11.3. The predicted octanol–water partition coefficient (Wildman–Crippen LogP) is 1.66. The van der Waals surface area contributed by atoms with Gasteiger partial charge in [0.15, 0.2) is 0 Å². The van der Waals surface area contributed by atoms with Crippen molar-refractivity contribution in [2.45, 2.75) is 0 Å². The molecular weight excluding hydrogens is 270 g/mol. The molecule has 1 heterocycles. The van der Waals surface area contributed by atoms with Crippen molar-refractivity contribution in [1.29, 1.82) is 0 Å². The minimum atomic E-state index is -0.439. The Kier molecular flexibility index (Phi) is 2.79. The second-order valence-electron chi connectivity index (χ2n) is 4.68. The van der Waals surface area contributed by atoms with E-state index in [0.29, 0.717) is 28.4 Å². The maximum absolute atomic E-state index is 12.5. The zero-order chi connectivity index (χ0) is 15.1. The quantitative estimate of drug-likeness (QED) is 0.645. The maximum atomic E-state index is 12.5. The van der Waals surface area contributed by atoms with Gasteiger partial charge in [0.05, 0.1) is 23.9 Å². The molecule has 1 aliphatic heterocycles. The molecule has 21 heavy (non-hydrogen) atoms. The zero-order valence-corrected chi connectivity index (χ0v) is 11.3. The number of carbonyl (C=O) groups excluding carboxylic acids is 2. The van der Waals surface area contributed by atoms with Crippen LogP contribution in [0.25, 0.3) is 0 Å². The predicted molar refractivity (Wildman–Crippen MR) is 79.4 cm³/mol. The largest absolute Gasteiger partial charge is 0.495 e. The van der Waals surface area contributed by atoms with Crippen LogP contribution < -0.4 is 21.1 Å². The fourth-order valence-electron chi connectivity index (χ4n) is 2.36. The van der Waals surface area contributed by atoms with E-state index in [0.717, 1.165) is 4.90 Å². The molecule has 1 aliphatic rings. The maximum Gasteiger partial charge on any atom is 0.266 e. The second kappa shape index (κ2) is 4.52. The highest BCUT2D eigenvalue weighted by atomic mass is 16.5. The minimum Gasteiger partial charge on any atom is -0.495 e. The van der Waals surface area contributed by atoms with Crippen molar-refractivity contribution < 1.29 is 14.3 Å². The van der Waals surface area contributed by atoms with Gasteiger partial charge in [-0.1, -0.05) is 0 Å². The van der Waals surface area contributed by atoms with Crippen molar-refractivity contribution in [3.05, 3.63) is 47.5 Å². The lowest BCUT2D eigenvalue weighted by Crippen LogP contribution is -2.29. The van der Waals surface area contributed by atoms with Crippen molar-refractivity contribution in [3.8, 4) is 5.75 Å². The first-order chi connectivity index (χ1) is 10.0. The molecule has 106 valence electrons. The van der Waals surface area contributed by atoms with Crippen LogP contribution in [0.5, 0.6) is 5.75 Å². The van der Waals surface area contributed by atoms with E-state index in [-0.39, 0.29) is 5.56 Å². The van der Waals surface area contributed by atoms with Gasteiger partial charge in [-0.05, 0) is 36.4 Å². The Morgan fingerprint density at radius 1 is 0.905 bits per heavy atom. The van der Waals surface area contributed by atoms with Crippen LogP contribution in [-0.4, -0.2) is 18.9 Å². The van der Waals surface area contributed by atoms with Gasteiger partial charge in [-0.15, -0.1) is 0 Å². The molecule has 0 aliphatic carbocycles. The molecule has 0 saturated carbocycles. The van der Waals surface area contributed by atoms with E-state index in [9.17, 15) is 9.59 Å². The standard InChI is InChI=1S/C15H13N3O3/c1-21-13-5-3-9(17)7-12(13)18-14(19)10-4-2-8(16)6-11(10)15(18)20/h2-7H,16-17H2,1H3. The third-order valence-electron chi connectivity index (χ3n) is 3.35. The summed E-state index contributed by atoms with van der Waals surface area (Å²) in [5.41, 5.74) is 13.2. The Labute approximate surface area is 120 Å². The number of methoxy groups -OCH3 is 1. The normalized spacial score (nSPS) is 13.5. The number of ether oxygens (including phenoxy) is 1. The average molecular weight is 283 g/mol. The molecule has 2 aromatic rings. The van der Waals surface area contributed by atoms with Gasteiger partial charge < -0.3 is 16.2 Å². The Morgan fingerprint density at radius 3 is 2.24 bits per heavy atom. The Morgan fingerprint density at radius 2 is 1.52 bits per heavy atom. The lowest BCUT2D eigenvalue weighted by molar-refractivity contribution is 0.0925. The van der Waals surface area contributed by atoms with Crippen molar-refractivity contribution in [1.82, 2.24) is 0 Å². The summed E-state index contributed by atoms with van der Waals surface area (Å²) >= 11 is 0. The van der Waals surface area contributed by atoms with Crippen LogP contribution in [0, 0.1) is 0 Å². The van der Waals surface area contributed by atoms with Crippen LogP contribution in [0.4, 0.5) is 17.1 Å². The summed E-state index contributed by atoms with van der Waals surface area (Å²) in [6.45, 7) is 0. The van der Waals surface area contributed by atoms with E-state index in [4.69, 9.17) is 16.2 Å². The van der Waals surface area contributed by atoms with Gasteiger partial charge in [0, 0.05) is 11.4 Å². The summed E-state index contributed by atoms with van der Waals surface area (Å²) in [7, 11) is 1.46. The number of fused-ring (bicyclic) bond motifs is 1. The van der Waals surface area contributed by atoms with Gasteiger partial charge in [0.1, 0.15) is 5.75 Å². The van der Waals surface area contributed by atoms with Crippen molar-refractivity contribution >= 4 is 28.9 Å². The van der Waals surface area contributed by atoms with Crippen LogP contribution in [0.1, 0.15) is 20.7 Å². The number of anilines is 3. The summed E-state index contributed by atoms with van der Waals surface area (Å²) < 4.78 is 5.21.